The number of esters is 1. The predicted octanol–water partition coefficient (Wildman–Crippen LogP) is 0.954. The van der Waals surface area contributed by atoms with Crippen LogP contribution in [0.5, 0.6) is 0 Å². The van der Waals surface area contributed by atoms with Gasteiger partial charge in [-0.25, -0.2) is 4.79 Å². The van der Waals surface area contributed by atoms with Crippen LogP contribution in [-0.4, -0.2) is 29.9 Å². The minimum atomic E-state index is -0.626. The molecule has 15 heavy (non-hydrogen) atoms. The summed E-state index contributed by atoms with van der Waals surface area (Å²) in [6, 6.07) is 0. The highest BCUT2D eigenvalue weighted by molar-refractivity contribution is 5.83. The molecule has 6 heteroatoms. The van der Waals surface area contributed by atoms with Crippen molar-refractivity contribution in [1.29, 1.82) is 0 Å². The molecule has 2 atom stereocenters. The fourth-order valence-electron chi connectivity index (χ4n) is 1.53. The summed E-state index contributed by atoms with van der Waals surface area (Å²) >= 11 is 0. The molecule has 0 N–H and O–H groups in total. The van der Waals surface area contributed by atoms with Crippen LogP contribution in [0.25, 0.3) is 0 Å². The predicted molar refractivity (Wildman–Crippen MR) is 48.1 cm³/mol. The smallest absolute Gasteiger partial charge is 0.396 e. The molecule has 0 saturated carbocycles. The summed E-state index contributed by atoms with van der Waals surface area (Å²) in [6.45, 7) is 2.72. The number of nitrogens with zero attached hydrogens (tertiary/aromatic N) is 2. The van der Waals surface area contributed by atoms with Gasteiger partial charge in [0.25, 0.3) is 0 Å². The quantitative estimate of drug-likeness (QED) is 0.679. The van der Waals surface area contributed by atoms with E-state index in [1.807, 2.05) is 6.92 Å². The van der Waals surface area contributed by atoms with Gasteiger partial charge < -0.3 is 13.9 Å². The van der Waals surface area contributed by atoms with Crippen LogP contribution < -0.4 is 0 Å². The molecule has 1 saturated heterocycles. The van der Waals surface area contributed by atoms with E-state index in [9.17, 15) is 4.79 Å². The molecule has 0 spiro atoms. The highest BCUT2D eigenvalue weighted by Crippen LogP contribution is 2.32. The summed E-state index contributed by atoms with van der Waals surface area (Å²) in [7, 11) is 1.26. The molecule has 1 aromatic rings. The highest BCUT2D eigenvalue weighted by Gasteiger charge is 2.31. The van der Waals surface area contributed by atoms with Gasteiger partial charge in [0.2, 0.25) is 5.89 Å². The van der Waals surface area contributed by atoms with Gasteiger partial charge in [-0.2, -0.15) is 0 Å². The van der Waals surface area contributed by atoms with Crippen LogP contribution in [0.1, 0.15) is 36.0 Å². The zero-order chi connectivity index (χ0) is 10.8. The Morgan fingerprint density at radius 1 is 1.53 bits per heavy atom. The van der Waals surface area contributed by atoms with Crippen molar-refractivity contribution < 1.29 is 18.7 Å². The minimum absolute atomic E-state index is 0.129. The van der Waals surface area contributed by atoms with Crippen molar-refractivity contribution in [3.8, 4) is 0 Å². The number of carbonyl (C=O) groups excluding carboxylic acids is 1. The summed E-state index contributed by atoms with van der Waals surface area (Å²) in [5, 5.41) is 7.37. The van der Waals surface area contributed by atoms with Gasteiger partial charge in [-0.05, 0) is 12.3 Å². The van der Waals surface area contributed by atoms with E-state index in [2.05, 4.69) is 14.9 Å². The van der Waals surface area contributed by atoms with Gasteiger partial charge in [-0.15, -0.1) is 10.2 Å². The first-order chi connectivity index (χ1) is 7.22. The van der Waals surface area contributed by atoms with Crippen molar-refractivity contribution in [2.75, 3.05) is 13.7 Å². The molecule has 1 aliphatic heterocycles. The monoisotopic (exact) mass is 212 g/mol. The second-order valence-electron chi connectivity index (χ2n) is 3.49. The second kappa shape index (κ2) is 3.98. The highest BCUT2D eigenvalue weighted by atomic mass is 16.5. The van der Waals surface area contributed by atoms with Gasteiger partial charge in [-0.3, -0.25) is 0 Å². The fourth-order valence-corrected chi connectivity index (χ4v) is 1.53. The number of carbonyl (C=O) groups is 1. The Labute approximate surface area is 86.6 Å². The van der Waals surface area contributed by atoms with Crippen molar-refractivity contribution in [1.82, 2.24) is 10.2 Å². The Morgan fingerprint density at radius 3 is 2.93 bits per heavy atom. The Kier molecular flexibility index (Phi) is 2.68. The largest absolute Gasteiger partial charge is 0.462 e. The second-order valence-corrected chi connectivity index (χ2v) is 3.49. The molecule has 2 heterocycles. The molecular formula is C9H12N2O4. The van der Waals surface area contributed by atoms with Crippen LogP contribution in [0.4, 0.5) is 0 Å². The van der Waals surface area contributed by atoms with E-state index in [0.717, 1.165) is 6.42 Å². The molecule has 0 aliphatic carbocycles. The fraction of sp³-hybridized carbons (Fsp3) is 0.667. The van der Waals surface area contributed by atoms with Crippen molar-refractivity contribution in [3.63, 3.8) is 0 Å². The van der Waals surface area contributed by atoms with Gasteiger partial charge >= 0.3 is 11.9 Å². The molecule has 0 amide bonds. The Morgan fingerprint density at radius 2 is 2.33 bits per heavy atom. The maximum atomic E-state index is 11.1. The zero-order valence-electron chi connectivity index (χ0n) is 8.60. The maximum absolute atomic E-state index is 11.1. The lowest BCUT2D eigenvalue weighted by Gasteiger charge is -2.08. The molecular weight excluding hydrogens is 200 g/mol. The van der Waals surface area contributed by atoms with E-state index in [-0.39, 0.29) is 12.0 Å². The lowest BCUT2D eigenvalue weighted by atomic mass is 10.0. The molecule has 6 nitrogen and oxygen atoms in total. The van der Waals surface area contributed by atoms with Crippen molar-refractivity contribution in [3.05, 3.63) is 11.8 Å². The number of ether oxygens (including phenoxy) is 2. The topological polar surface area (TPSA) is 74.5 Å². The molecule has 82 valence electrons. The number of rotatable bonds is 2. The molecule has 1 aliphatic rings. The molecule has 2 rings (SSSR count). The third kappa shape index (κ3) is 1.85. The van der Waals surface area contributed by atoms with E-state index >= 15 is 0 Å². The van der Waals surface area contributed by atoms with E-state index in [1.54, 1.807) is 0 Å². The Balaban J connectivity index is 2.16. The number of hydrogen-bond donors (Lipinski definition) is 0. The van der Waals surface area contributed by atoms with Gasteiger partial charge in [0.1, 0.15) is 6.10 Å². The van der Waals surface area contributed by atoms with Gasteiger partial charge in [0, 0.05) is 6.61 Å². The summed E-state index contributed by atoms with van der Waals surface area (Å²) < 4.78 is 15.1. The zero-order valence-corrected chi connectivity index (χ0v) is 8.60. The van der Waals surface area contributed by atoms with Gasteiger partial charge in [0.15, 0.2) is 0 Å². The van der Waals surface area contributed by atoms with Gasteiger partial charge in [-0.1, -0.05) is 6.92 Å². The lowest BCUT2D eigenvalue weighted by Crippen LogP contribution is -2.04. The minimum Gasteiger partial charge on any atom is -0.462 e. The summed E-state index contributed by atoms with van der Waals surface area (Å²) in [4.78, 5) is 11.1. The van der Waals surface area contributed by atoms with Crippen molar-refractivity contribution in [2.45, 2.75) is 19.4 Å². The summed E-state index contributed by atoms with van der Waals surface area (Å²) in [5.74, 6) is -0.0778. The molecule has 0 aromatic carbocycles. The molecule has 1 fully saturated rings. The summed E-state index contributed by atoms with van der Waals surface area (Å²) in [5.41, 5.74) is 0. The van der Waals surface area contributed by atoms with E-state index in [4.69, 9.17) is 9.15 Å². The average Bonchev–Trinajstić information content (AvgIpc) is 2.84. The Hall–Kier alpha value is -1.43. The lowest BCUT2D eigenvalue weighted by molar-refractivity contribution is 0.0516. The third-order valence-corrected chi connectivity index (χ3v) is 2.43. The van der Waals surface area contributed by atoms with Crippen LogP contribution in [-0.2, 0) is 9.47 Å². The van der Waals surface area contributed by atoms with Crippen molar-refractivity contribution in [2.24, 2.45) is 5.92 Å². The average molecular weight is 212 g/mol. The molecule has 0 radical (unpaired) electrons. The maximum Gasteiger partial charge on any atom is 0.396 e. The molecule has 2 unspecified atom stereocenters. The number of aromatic nitrogens is 2. The van der Waals surface area contributed by atoms with Crippen LogP contribution in [0.15, 0.2) is 4.42 Å². The normalized spacial score (nSPS) is 25.5. The van der Waals surface area contributed by atoms with E-state index in [1.165, 1.54) is 7.11 Å². The third-order valence-electron chi connectivity index (χ3n) is 2.43. The first-order valence-corrected chi connectivity index (χ1v) is 4.75. The van der Waals surface area contributed by atoms with Crippen LogP contribution in [0, 0.1) is 5.92 Å². The van der Waals surface area contributed by atoms with Crippen LogP contribution in [0.3, 0.4) is 0 Å². The van der Waals surface area contributed by atoms with Crippen LogP contribution >= 0.6 is 0 Å². The SMILES string of the molecule is COC(=O)c1nnc(C2OCCC2C)o1. The van der Waals surface area contributed by atoms with E-state index in [0.29, 0.717) is 18.4 Å². The first kappa shape index (κ1) is 10.1. The Bertz CT molecular complexity index is 363. The molecule has 0 bridgehead atoms. The molecule has 1 aromatic heterocycles. The standard InChI is InChI=1S/C9H12N2O4/c1-5-3-4-14-6(5)7-10-11-8(15-7)9(12)13-2/h5-6H,3-4H2,1-2H3. The number of methoxy groups -OCH3 is 1. The first-order valence-electron chi connectivity index (χ1n) is 4.75. The van der Waals surface area contributed by atoms with Gasteiger partial charge in [0.05, 0.1) is 7.11 Å². The summed E-state index contributed by atoms with van der Waals surface area (Å²) in [6.07, 6.45) is 0.761. The van der Waals surface area contributed by atoms with Crippen LogP contribution in [0.2, 0.25) is 0 Å². The number of hydrogen-bond acceptors (Lipinski definition) is 6. The van der Waals surface area contributed by atoms with E-state index < -0.39 is 5.97 Å². The van der Waals surface area contributed by atoms with Crippen molar-refractivity contribution >= 4 is 5.97 Å².